The first kappa shape index (κ1) is 11.3. The molecule has 2 amide bonds. The average molecular weight is 231 g/mol. The van der Waals surface area contributed by atoms with Crippen LogP contribution in [0.15, 0.2) is 18.2 Å². The second kappa shape index (κ2) is 4.38. The Bertz CT molecular complexity index is 531. The molecule has 0 aliphatic carbocycles. The molecule has 1 aromatic carbocycles. The van der Waals surface area contributed by atoms with Gasteiger partial charge >= 0.3 is 0 Å². The van der Waals surface area contributed by atoms with E-state index in [2.05, 4.69) is 11.2 Å². The SMILES string of the molecule is C#Cc1ccc(F)c(C2CCC(=O)NC2=O)c1. The maximum atomic E-state index is 13.6. The molecule has 4 heteroatoms. The van der Waals surface area contributed by atoms with Crippen molar-refractivity contribution in [2.45, 2.75) is 18.8 Å². The lowest BCUT2D eigenvalue weighted by atomic mass is 9.89. The van der Waals surface area contributed by atoms with E-state index in [1.54, 1.807) is 0 Å². The Morgan fingerprint density at radius 3 is 2.82 bits per heavy atom. The molecule has 1 fully saturated rings. The monoisotopic (exact) mass is 231 g/mol. The van der Waals surface area contributed by atoms with Gasteiger partial charge in [0.05, 0.1) is 5.92 Å². The number of hydrogen-bond acceptors (Lipinski definition) is 2. The van der Waals surface area contributed by atoms with Crippen LogP contribution >= 0.6 is 0 Å². The second-order valence-corrected chi connectivity index (χ2v) is 3.88. The predicted octanol–water partition coefficient (Wildman–Crippen LogP) is 1.33. The Morgan fingerprint density at radius 1 is 1.41 bits per heavy atom. The van der Waals surface area contributed by atoms with Gasteiger partial charge in [-0.05, 0) is 24.6 Å². The molecule has 17 heavy (non-hydrogen) atoms. The van der Waals surface area contributed by atoms with Gasteiger partial charge in [-0.1, -0.05) is 5.92 Å². The molecule has 0 radical (unpaired) electrons. The summed E-state index contributed by atoms with van der Waals surface area (Å²) in [6.45, 7) is 0. The molecule has 1 unspecified atom stereocenters. The fraction of sp³-hybridized carbons (Fsp3) is 0.231. The maximum absolute atomic E-state index is 13.6. The molecule has 1 N–H and O–H groups in total. The minimum Gasteiger partial charge on any atom is -0.296 e. The zero-order chi connectivity index (χ0) is 12.4. The number of halogens is 1. The van der Waals surface area contributed by atoms with E-state index in [0.717, 1.165) is 0 Å². The highest BCUT2D eigenvalue weighted by molar-refractivity contribution is 6.00. The molecular weight excluding hydrogens is 221 g/mol. The van der Waals surface area contributed by atoms with Crippen molar-refractivity contribution in [3.8, 4) is 12.3 Å². The van der Waals surface area contributed by atoms with Gasteiger partial charge in [0, 0.05) is 17.5 Å². The van der Waals surface area contributed by atoms with Crippen molar-refractivity contribution < 1.29 is 14.0 Å². The summed E-state index contributed by atoms with van der Waals surface area (Å²) in [6.07, 6.45) is 5.76. The van der Waals surface area contributed by atoms with Gasteiger partial charge in [-0.15, -0.1) is 6.42 Å². The number of piperidine rings is 1. The summed E-state index contributed by atoms with van der Waals surface area (Å²) in [5.74, 6) is 0.497. The first-order chi connectivity index (χ1) is 8.11. The number of terminal acetylenes is 1. The molecule has 0 saturated carbocycles. The van der Waals surface area contributed by atoms with Crippen LogP contribution in [0.2, 0.25) is 0 Å². The zero-order valence-corrected chi connectivity index (χ0v) is 9.00. The number of imide groups is 1. The Balaban J connectivity index is 2.37. The highest BCUT2D eigenvalue weighted by atomic mass is 19.1. The van der Waals surface area contributed by atoms with Crippen LogP contribution in [-0.2, 0) is 9.59 Å². The van der Waals surface area contributed by atoms with Crippen molar-refractivity contribution >= 4 is 11.8 Å². The summed E-state index contributed by atoms with van der Waals surface area (Å²) < 4.78 is 13.6. The third-order valence-electron chi connectivity index (χ3n) is 2.78. The van der Waals surface area contributed by atoms with E-state index in [1.165, 1.54) is 18.2 Å². The summed E-state index contributed by atoms with van der Waals surface area (Å²) in [4.78, 5) is 22.6. The van der Waals surface area contributed by atoms with Gasteiger partial charge in [-0.25, -0.2) is 4.39 Å². The number of nitrogens with one attached hydrogen (secondary N) is 1. The van der Waals surface area contributed by atoms with Crippen molar-refractivity contribution in [1.82, 2.24) is 5.32 Å². The molecular formula is C13H10FNO2. The summed E-state index contributed by atoms with van der Waals surface area (Å²) >= 11 is 0. The Kier molecular flexibility index (Phi) is 2.92. The summed E-state index contributed by atoms with van der Waals surface area (Å²) in [7, 11) is 0. The minimum absolute atomic E-state index is 0.218. The van der Waals surface area contributed by atoms with Gasteiger partial charge in [0.15, 0.2) is 0 Å². The molecule has 86 valence electrons. The van der Waals surface area contributed by atoms with Crippen LogP contribution in [0.25, 0.3) is 0 Å². The Morgan fingerprint density at radius 2 is 2.18 bits per heavy atom. The molecule has 1 aliphatic heterocycles. The Labute approximate surface area is 98.0 Å². The quantitative estimate of drug-likeness (QED) is 0.585. The Hall–Kier alpha value is -2.15. The van der Waals surface area contributed by atoms with Crippen molar-refractivity contribution in [2.24, 2.45) is 0 Å². The standard InChI is InChI=1S/C13H10FNO2/c1-2-8-3-5-11(14)10(7-8)9-4-6-12(16)15-13(9)17/h1,3,5,7,9H,4,6H2,(H,15,16,17). The van der Waals surface area contributed by atoms with Crippen molar-refractivity contribution in [3.63, 3.8) is 0 Å². The lowest BCUT2D eigenvalue weighted by Crippen LogP contribution is -2.39. The summed E-state index contributed by atoms with van der Waals surface area (Å²) in [5, 5.41) is 2.20. The lowest BCUT2D eigenvalue weighted by Gasteiger charge is -2.21. The van der Waals surface area contributed by atoms with E-state index in [9.17, 15) is 14.0 Å². The number of carbonyl (C=O) groups excluding carboxylic acids is 2. The summed E-state index contributed by atoms with van der Waals surface area (Å²) in [5.41, 5.74) is 0.775. The van der Waals surface area contributed by atoms with E-state index in [4.69, 9.17) is 6.42 Å². The van der Waals surface area contributed by atoms with E-state index >= 15 is 0 Å². The highest BCUT2D eigenvalue weighted by Gasteiger charge is 2.29. The number of hydrogen-bond donors (Lipinski definition) is 1. The van der Waals surface area contributed by atoms with Crippen molar-refractivity contribution in [2.75, 3.05) is 0 Å². The second-order valence-electron chi connectivity index (χ2n) is 3.88. The number of rotatable bonds is 1. The first-order valence-electron chi connectivity index (χ1n) is 5.21. The molecule has 1 aliphatic rings. The van der Waals surface area contributed by atoms with Crippen LogP contribution < -0.4 is 5.32 Å². The zero-order valence-electron chi connectivity index (χ0n) is 9.00. The number of amides is 2. The van der Waals surface area contributed by atoms with E-state index in [1.807, 2.05) is 0 Å². The van der Waals surface area contributed by atoms with Gasteiger partial charge in [0.25, 0.3) is 0 Å². The molecule has 1 aromatic rings. The molecule has 0 bridgehead atoms. The molecule has 1 saturated heterocycles. The third kappa shape index (κ3) is 2.18. The predicted molar refractivity (Wildman–Crippen MR) is 59.5 cm³/mol. The van der Waals surface area contributed by atoms with E-state index in [-0.39, 0.29) is 17.9 Å². The fourth-order valence-corrected chi connectivity index (χ4v) is 1.89. The van der Waals surface area contributed by atoms with Crippen LogP contribution in [0.3, 0.4) is 0 Å². The molecule has 1 heterocycles. The lowest BCUT2D eigenvalue weighted by molar-refractivity contribution is -0.134. The maximum Gasteiger partial charge on any atom is 0.234 e. The molecule has 0 aromatic heterocycles. The summed E-state index contributed by atoms with van der Waals surface area (Å²) in [6, 6.07) is 4.20. The van der Waals surface area contributed by atoms with Crippen LogP contribution in [0.1, 0.15) is 29.9 Å². The number of carbonyl (C=O) groups is 2. The molecule has 2 rings (SSSR count). The van der Waals surface area contributed by atoms with Gasteiger partial charge in [-0.3, -0.25) is 14.9 Å². The first-order valence-corrected chi connectivity index (χ1v) is 5.21. The third-order valence-corrected chi connectivity index (χ3v) is 2.78. The minimum atomic E-state index is -0.638. The van der Waals surface area contributed by atoms with Gasteiger partial charge in [0.2, 0.25) is 11.8 Å². The van der Waals surface area contributed by atoms with Crippen molar-refractivity contribution in [3.05, 3.63) is 35.1 Å². The molecule has 1 atom stereocenters. The smallest absolute Gasteiger partial charge is 0.234 e. The van der Waals surface area contributed by atoms with E-state index < -0.39 is 17.6 Å². The largest absolute Gasteiger partial charge is 0.296 e. The molecule has 3 nitrogen and oxygen atoms in total. The van der Waals surface area contributed by atoms with Crippen LogP contribution in [0.4, 0.5) is 4.39 Å². The topological polar surface area (TPSA) is 46.2 Å². The van der Waals surface area contributed by atoms with Crippen molar-refractivity contribution in [1.29, 1.82) is 0 Å². The van der Waals surface area contributed by atoms with Crippen LogP contribution in [-0.4, -0.2) is 11.8 Å². The number of benzene rings is 1. The van der Waals surface area contributed by atoms with Gasteiger partial charge < -0.3 is 0 Å². The van der Waals surface area contributed by atoms with Crippen LogP contribution in [0, 0.1) is 18.2 Å². The fourth-order valence-electron chi connectivity index (χ4n) is 1.89. The molecule has 0 spiro atoms. The highest BCUT2D eigenvalue weighted by Crippen LogP contribution is 2.27. The van der Waals surface area contributed by atoms with E-state index in [0.29, 0.717) is 12.0 Å². The van der Waals surface area contributed by atoms with Gasteiger partial charge in [0.1, 0.15) is 5.82 Å². The average Bonchev–Trinajstić information content (AvgIpc) is 2.30. The normalized spacial score (nSPS) is 19.6. The van der Waals surface area contributed by atoms with Crippen LogP contribution in [0.5, 0.6) is 0 Å². The van der Waals surface area contributed by atoms with Gasteiger partial charge in [-0.2, -0.15) is 0 Å².